The number of carbonyl (C=O) groups is 3. The van der Waals surface area contributed by atoms with Crippen LogP contribution in [0.2, 0.25) is 0 Å². The summed E-state index contributed by atoms with van der Waals surface area (Å²) in [4.78, 5) is 36.5. The van der Waals surface area contributed by atoms with Crippen molar-refractivity contribution in [2.75, 3.05) is 0 Å². The second-order valence-corrected chi connectivity index (χ2v) is 6.61. The van der Waals surface area contributed by atoms with Crippen LogP contribution in [0.3, 0.4) is 0 Å². The van der Waals surface area contributed by atoms with Gasteiger partial charge >= 0.3 is 5.97 Å². The van der Waals surface area contributed by atoms with E-state index in [1.54, 1.807) is 19.9 Å². The zero-order chi connectivity index (χ0) is 17.7. The molecule has 1 aliphatic rings. The molecule has 1 aliphatic carbocycles. The minimum absolute atomic E-state index is 0.131. The van der Waals surface area contributed by atoms with Gasteiger partial charge < -0.3 is 20.2 Å². The van der Waals surface area contributed by atoms with Crippen molar-refractivity contribution in [1.29, 1.82) is 0 Å². The van der Waals surface area contributed by atoms with Gasteiger partial charge in [-0.15, -0.1) is 0 Å². The summed E-state index contributed by atoms with van der Waals surface area (Å²) >= 11 is 0. The number of carbonyl (C=O) groups excluding carboxylic acids is 2. The van der Waals surface area contributed by atoms with E-state index in [0.717, 1.165) is 19.3 Å². The third-order valence-electron chi connectivity index (χ3n) is 4.46. The lowest BCUT2D eigenvalue weighted by molar-refractivity contribution is -0.144. The van der Waals surface area contributed by atoms with E-state index in [9.17, 15) is 19.5 Å². The first-order chi connectivity index (χ1) is 11.4. The minimum Gasteiger partial charge on any atom is -0.480 e. The van der Waals surface area contributed by atoms with Crippen molar-refractivity contribution in [3.05, 3.63) is 24.2 Å². The summed E-state index contributed by atoms with van der Waals surface area (Å²) in [5, 5.41) is 14.7. The molecule has 0 radical (unpaired) electrons. The second kappa shape index (κ2) is 7.51. The van der Waals surface area contributed by atoms with Crippen LogP contribution in [0.25, 0.3) is 0 Å². The number of rotatable bonds is 6. The van der Waals surface area contributed by atoms with E-state index in [0.29, 0.717) is 12.8 Å². The van der Waals surface area contributed by atoms with Gasteiger partial charge in [-0.2, -0.15) is 0 Å². The third kappa shape index (κ3) is 3.96. The first-order valence-electron chi connectivity index (χ1n) is 8.25. The molecular formula is C17H24N2O5. The molecule has 1 heterocycles. The van der Waals surface area contributed by atoms with Crippen molar-refractivity contribution < 1.29 is 23.9 Å². The van der Waals surface area contributed by atoms with Gasteiger partial charge in [0.25, 0.3) is 5.91 Å². The normalized spacial score (nSPS) is 18.0. The van der Waals surface area contributed by atoms with Gasteiger partial charge in [0.05, 0.1) is 6.26 Å². The molecule has 0 unspecified atom stereocenters. The van der Waals surface area contributed by atoms with E-state index < -0.39 is 29.4 Å². The Kier molecular flexibility index (Phi) is 5.64. The molecule has 1 aromatic rings. The van der Waals surface area contributed by atoms with Gasteiger partial charge in [0.15, 0.2) is 5.76 Å². The zero-order valence-corrected chi connectivity index (χ0v) is 14.0. The largest absolute Gasteiger partial charge is 0.480 e. The quantitative estimate of drug-likeness (QED) is 0.735. The summed E-state index contributed by atoms with van der Waals surface area (Å²) in [6.45, 7) is 3.46. The highest BCUT2D eigenvalue weighted by molar-refractivity contribution is 5.98. The van der Waals surface area contributed by atoms with E-state index in [2.05, 4.69) is 10.6 Å². The zero-order valence-electron chi connectivity index (χ0n) is 14.0. The first-order valence-corrected chi connectivity index (χ1v) is 8.25. The fraction of sp³-hybridized carbons (Fsp3) is 0.588. The molecule has 1 aromatic heterocycles. The summed E-state index contributed by atoms with van der Waals surface area (Å²) in [7, 11) is 0. The standard InChI is InChI=1S/C17H24N2O5/c1-11(2)13(15(21)22)18-16(23)17(8-4-3-5-9-17)19-14(20)12-7-6-10-24-12/h6-7,10-11,13H,3-5,8-9H2,1-2H3,(H,18,23)(H,19,20)(H,21,22)/t13-/m0/s1. The van der Waals surface area contributed by atoms with Gasteiger partial charge in [0.2, 0.25) is 5.91 Å². The van der Waals surface area contributed by atoms with Crippen LogP contribution in [-0.2, 0) is 9.59 Å². The Morgan fingerprint density at radius 1 is 1.21 bits per heavy atom. The third-order valence-corrected chi connectivity index (χ3v) is 4.46. The molecule has 1 fully saturated rings. The van der Waals surface area contributed by atoms with Gasteiger partial charge in [0, 0.05) is 0 Å². The second-order valence-electron chi connectivity index (χ2n) is 6.61. The molecule has 2 rings (SSSR count). The smallest absolute Gasteiger partial charge is 0.326 e. The molecule has 1 saturated carbocycles. The number of aliphatic carboxylic acids is 1. The van der Waals surface area contributed by atoms with Crippen molar-refractivity contribution in [3.63, 3.8) is 0 Å². The Hall–Kier alpha value is -2.31. The summed E-state index contributed by atoms with van der Waals surface area (Å²) in [6.07, 6.45) is 4.93. The van der Waals surface area contributed by atoms with Crippen molar-refractivity contribution in [2.45, 2.75) is 57.5 Å². The number of furan rings is 1. The molecule has 0 aromatic carbocycles. The van der Waals surface area contributed by atoms with E-state index in [-0.39, 0.29) is 11.7 Å². The van der Waals surface area contributed by atoms with E-state index >= 15 is 0 Å². The maximum Gasteiger partial charge on any atom is 0.326 e. The predicted molar refractivity (Wildman–Crippen MR) is 86.4 cm³/mol. The van der Waals surface area contributed by atoms with Crippen molar-refractivity contribution >= 4 is 17.8 Å². The van der Waals surface area contributed by atoms with Gasteiger partial charge in [-0.3, -0.25) is 9.59 Å². The molecule has 0 spiro atoms. The Morgan fingerprint density at radius 2 is 1.88 bits per heavy atom. The molecule has 2 amide bonds. The van der Waals surface area contributed by atoms with E-state index in [1.165, 1.54) is 12.3 Å². The van der Waals surface area contributed by atoms with Crippen molar-refractivity contribution in [3.8, 4) is 0 Å². The van der Waals surface area contributed by atoms with Crippen LogP contribution in [0.4, 0.5) is 0 Å². The summed E-state index contributed by atoms with van der Waals surface area (Å²) in [6, 6.07) is 2.14. The topological polar surface area (TPSA) is 109 Å². The highest BCUT2D eigenvalue weighted by Gasteiger charge is 2.43. The van der Waals surface area contributed by atoms with Crippen molar-refractivity contribution in [2.24, 2.45) is 5.92 Å². The minimum atomic E-state index is -1.09. The Labute approximate surface area is 140 Å². The summed E-state index contributed by atoms with van der Waals surface area (Å²) in [5.41, 5.74) is -1.09. The van der Waals surface area contributed by atoms with Gasteiger partial charge in [-0.25, -0.2) is 4.79 Å². The number of hydrogen-bond donors (Lipinski definition) is 3. The number of amides is 2. The lowest BCUT2D eigenvalue weighted by Gasteiger charge is -2.37. The van der Waals surface area contributed by atoms with Crippen LogP contribution in [0.1, 0.15) is 56.5 Å². The van der Waals surface area contributed by atoms with Gasteiger partial charge in [0.1, 0.15) is 11.6 Å². The van der Waals surface area contributed by atoms with Gasteiger partial charge in [-0.05, 0) is 30.9 Å². The lowest BCUT2D eigenvalue weighted by atomic mass is 9.80. The molecule has 24 heavy (non-hydrogen) atoms. The van der Waals surface area contributed by atoms with E-state index in [4.69, 9.17) is 4.42 Å². The number of carboxylic acid groups (broad SMARTS) is 1. The number of hydrogen-bond acceptors (Lipinski definition) is 4. The monoisotopic (exact) mass is 336 g/mol. The van der Waals surface area contributed by atoms with Crippen LogP contribution < -0.4 is 10.6 Å². The molecule has 0 bridgehead atoms. The van der Waals surface area contributed by atoms with Crippen LogP contribution in [0, 0.1) is 5.92 Å². The molecule has 1 atom stereocenters. The number of carboxylic acids is 1. The molecule has 7 nitrogen and oxygen atoms in total. The average Bonchev–Trinajstić information content (AvgIpc) is 3.07. The predicted octanol–water partition coefficient (Wildman–Crippen LogP) is 1.94. The number of nitrogens with one attached hydrogen (secondary N) is 2. The first kappa shape index (κ1) is 18.0. The highest BCUT2D eigenvalue weighted by atomic mass is 16.4. The Balaban J connectivity index is 2.18. The maximum atomic E-state index is 12.8. The molecule has 3 N–H and O–H groups in total. The molecule has 0 aliphatic heterocycles. The molecular weight excluding hydrogens is 312 g/mol. The summed E-state index contributed by atoms with van der Waals surface area (Å²) < 4.78 is 5.08. The fourth-order valence-electron chi connectivity index (χ4n) is 3.04. The van der Waals surface area contributed by atoms with Gasteiger partial charge in [-0.1, -0.05) is 33.1 Å². The molecule has 132 valence electrons. The maximum absolute atomic E-state index is 12.8. The van der Waals surface area contributed by atoms with Crippen LogP contribution in [0.5, 0.6) is 0 Å². The van der Waals surface area contributed by atoms with Crippen LogP contribution in [0.15, 0.2) is 22.8 Å². The highest BCUT2D eigenvalue weighted by Crippen LogP contribution is 2.29. The van der Waals surface area contributed by atoms with Crippen molar-refractivity contribution in [1.82, 2.24) is 10.6 Å². The SMILES string of the molecule is CC(C)[C@H](NC(=O)C1(NC(=O)c2ccco2)CCCCC1)C(=O)O. The Bertz CT molecular complexity index is 588. The average molecular weight is 336 g/mol. The lowest BCUT2D eigenvalue weighted by Crippen LogP contribution is -2.62. The Morgan fingerprint density at radius 3 is 2.38 bits per heavy atom. The molecule has 7 heteroatoms. The molecule has 0 saturated heterocycles. The van der Waals surface area contributed by atoms with Crippen LogP contribution >= 0.6 is 0 Å². The van der Waals surface area contributed by atoms with Crippen LogP contribution in [-0.4, -0.2) is 34.5 Å². The van der Waals surface area contributed by atoms with E-state index in [1.807, 2.05) is 0 Å². The fourth-order valence-corrected chi connectivity index (χ4v) is 3.04. The summed E-state index contributed by atoms with van der Waals surface area (Å²) in [5.74, 6) is -2.11.